The third-order valence-electron chi connectivity index (χ3n) is 5.04. The summed E-state index contributed by atoms with van der Waals surface area (Å²) in [6, 6.07) is 20.6. The van der Waals surface area contributed by atoms with Gasteiger partial charge in [0.05, 0.1) is 11.1 Å². The summed E-state index contributed by atoms with van der Waals surface area (Å²) in [4.78, 5) is 38.8. The molecule has 3 aromatic carbocycles. The van der Waals surface area contributed by atoms with Crippen molar-refractivity contribution in [3.63, 3.8) is 0 Å². The molecule has 0 saturated heterocycles. The van der Waals surface area contributed by atoms with E-state index in [4.69, 9.17) is 9.84 Å². The molecule has 0 aliphatic rings. The number of fused-ring (bicyclic) bond motifs is 1. The van der Waals surface area contributed by atoms with E-state index in [9.17, 15) is 14.4 Å². The van der Waals surface area contributed by atoms with Crippen LogP contribution in [0.3, 0.4) is 0 Å². The van der Waals surface area contributed by atoms with E-state index in [1.807, 2.05) is 24.3 Å². The Morgan fingerprint density at radius 2 is 1.53 bits per heavy atom. The minimum atomic E-state index is -1.00. The number of aromatic nitrogens is 1. The van der Waals surface area contributed by atoms with Gasteiger partial charge in [-0.05, 0) is 65.0 Å². The van der Waals surface area contributed by atoms with E-state index in [-0.39, 0.29) is 17.7 Å². The summed E-state index contributed by atoms with van der Waals surface area (Å²) in [5, 5.41) is 9.73. The number of ether oxygens (including phenoxy) is 1. The smallest absolute Gasteiger partial charge is 0.338 e. The van der Waals surface area contributed by atoms with Crippen LogP contribution < -0.4 is 5.56 Å². The van der Waals surface area contributed by atoms with E-state index >= 15 is 0 Å². The first-order valence-corrected chi connectivity index (χ1v) is 10.6. The first kappa shape index (κ1) is 21.5. The Labute approximate surface area is 191 Å². The Hall–Kier alpha value is -3.71. The van der Waals surface area contributed by atoms with Crippen LogP contribution in [0.25, 0.3) is 10.9 Å². The van der Waals surface area contributed by atoms with Crippen molar-refractivity contribution in [2.75, 3.05) is 0 Å². The molecule has 0 saturated carbocycles. The second kappa shape index (κ2) is 9.20. The van der Waals surface area contributed by atoms with Gasteiger partial charge in [-0.15, -0.1) is 0 Å². The second-order valence-electron chi connectivity index (χ2n) is 7.31. The third-order valence-corrected chi connectivity index (χ3v) is 5.56. The van der Waals surface area contributed by atoms with Gasteiger partial charge in [0.15, 0.2) is 0 Å². The maximum atomic E-state index is 12.5. The van der Waals surface area contributed by atoms with Gasteiger partial charge in [0.2, 0.25) is 0 Å². The van der Waals surface area contributed by atoms with Crippen LogP contribution in [0, 0.1) is 0 Å². The highest BCUT2D eigenvalue weighted by molar-refractivity contribution is 9.10. The van der Waals surface area contributed by atoms with Crippen LogP contribution >= 0.6 is 15.9 Å². The Kier molecular flexibility index (Phi) is 6.18. The standard InChI is InChI=1S/C25H18BrNO5/c26-21-8-3-16(4-9-21)14-32-25(31)18-7-10-22-19(12-18)13-20(23(28)27-22)11-15-1-5-17(6-2-15)24(29)30/h1-10,12-13H,11,14H2,(H,27,28)(H,29,30). The molecule has 0 spiro atoms. The number of esters is 1. The second-order valence-corrected chi connectivity index (χ2v) is 8.22. The molecule has 0 aliphatic heterocycles. The maximum absolute atomic E-state index is 12.5. The van der Waals surface area contributed by atoms with Gasteiger partial charge in [-0.25, -0.2) is 9.59 Å². The van der Waals surface area contributed by atoms with Crippen molar-refractivity contribution in [2.45, 2.75) is 13.0 Å². The van der Waals surface area contributed by atoms with Gasteiger partial charge in [-0.2, -0.15) is 0 Å². The summed E-state index contributed by atoms with van der Waals surface area (Å²) in [5.41, 5.74) is 3.16. The lowest BCUT2D eigenvalue weighted by Gasteiger charge is -2.08. The predicted molar refractivity (Wildman–Crippen MR) is 124 cm³/mol. The van der Waals surface area contributed by atoms with Crippen molar-refractivity contribution >= 4 is 38.8 Å². The van der Waals surface area contributed by atoms with E-state index in [0.29, 0.717) is 28.5 Å². The van der Waals surface area contributed by atoms with Crippen LogP contribution in [0.1, 0.15) is 37.4 Å². The Morgan fingerprint density at radius 1 is 0.875 bits per heavy atom. The number of benzene rings is 3. The van der Waals surface area contributed by atoms with E-state index in [2.05, 4.69) is 20.9 Å². The van der Waals surface area contributed by atoms with Gasteiger partial charge in [0.1, 0.15) is 6.61 Å². The van der Waals surface area contributed by atoms with Crippen molar-refractivity contribution in [1.29, 1.82) is 0 Å². The van der Waals surface area contributed by atoms with E-state index in [1.54, 1.807) is 36.4 Å². The number of rotatable bonds is 6. The molecular weight excluding hydrogens is 474 g/mol. The first-order chi connectivity index (χ1) is 15.4. The highest BCUT2D eigenvalue weighted by atomic mass is 79.9. The lowest BCUT2D eigenvalue weighted by molar-refractivity contribution is 0.0472. The van der Waals surface area contributed by atoms with Gasteiger partial charge >= 0.3 is 11.9 Å². The molecular formula is C25H18BrNO5. The zero-order valence-electron chi connectivity index (χ0n) is 16.8. The van der Waals surface area contributed by atoms with Gasteiger partial charge in [-0.3, -0.25) is 4.79 Å². The number of hydrogen-bond acceptors (Lipinski definition) is 4. The number of carboxylic acids is 1. The molecule has 0 amide bonds. The number of carbonyl (C=O) groups is 2. The van der Waals surface area contributed by atoms with Gasteiger partial charge in [-0.1, -0.05) is 40.2 Å². The molecule has 0 fully saturated rings. The molecule has 0 unspecified atom stereocenters. The summed E-state index contributed by atoms with van der Waals surface area (Å²) in [6.07, 6.45) is 0.337. The molecule has 2 N–H and O–H groups in total. The molecule has 0 atom stereocenters. The summed E-state index contributed by atoms with van der Waals surface area (Å²) in [7, 11) is 0. The topological polar surface area (TPSA) is 96.5 Å². The molecule has 7 heteroatoms. The predicted octanol–water partition coefficient (Wildman–Crippen LogP) is 4.94. The number of aromatic amines is 1. The Morgan fingerprint density at radius 3 is 2.22 bits per heavy atom. The van der Waals surface area contributed by atoms with E-state index in [0.717, 1.165) is 15.6 Å². The lowest BCUT2D eigenvalue weighted by Crippen LogP contribution is -2.13. The molecule has 6 nitrogen and oxygen atoms in total. The number of aromatic carboxylic acids is 1. The van der Waals surface area contributed by atoms with Crippen LogP contribution in [0.4, 0.5) is 0 Å². The highest BCUT2D eigenvalue weighted by Crippen LogP contribution is 2.18. The molecule has 160 valence electrons. The molecule has 0 aliphatic carbocycles. The number of halogens is 1. The van der Waals surface area contributed by atoms with Gasteiger partial charge < -0.3 is 14.8 Å². The lowest BCUT2D eigenvalue weighted by atomic mass is 10.0. The van der Waals surface area contributed by atoms with Crippen molar-refractivity contribution in [1.82, 2.24) is 4.98 Å². The minimum Gasteiger partial charge on any atom is -0.478 e. The zero-order valence-corrected chi connectivity index (χ0v) is 18.4. The number of carboxylic acid groups (broad SMARTS) is 1. The molecule has 1 aromatic heterocycles. The number of H-pyrrole nitrogens is 1. The van der Waals surface area contributed by atoms with Crippen molar-refractivity contribution in [3.8, 4) is 0 Å². The summed E-state index contributed by atoms with van der Waals surface area (Å²) in [6.45, 7) is 0.160. The number of carbonyl (C=O) groups excluding carboxylic acids is 1. The Bertz CT molecular complexity index is 1360. The van der Waals surface area contributed by atoms with Crippen LogP contribution in [-0.2, 0) is 17.8 Å². The number of hydrogen-bond donors (Lipinski definition) is 2. The van der Waals surface area contributed by atoms with Crippen molar-refractivity contribution in [3.05, 3.63) is 115 Å². The molecule has 4 aromatic rings. The fourth-order valence-electron chi connectivity index (χ4n) is 3.31. The third kappa shape index (κ3) is 4.95. The number of nitrogens with one attached hydrogen (secondary N) is 1. The first-order valence-electron chi connectivity index (χ1n) is 9.79. The molecule has 0 bridgehead atoms. The van der Waals surface area contributed by atoms with E-state index in [1.165, 1.54) is 12.1 Å². The maximum Gasteiger partial charge on any atom is 0.338 e. The summed E-state index contributed by atoms with van der Waals surface area (Å²) >= 11 is 3.37. The minimum absolute atomic E-state index is 0.160. The van der Waals surface area contributed by atoms with Crippen LogP contribution in [-0.4, -0.2) is 22.0 Å². The fraction of sp³-hybridized carbons (Fsp3) is 0.0800. The monoisotopic (exact) mass is 491 g/mol. The Balaban J connectivity index is 1.54. The molecule has 4 rings (SSSR count). The average molecular weight is 492 g/mol. The van der Waals surface area contributed by atoms with Gasteiger partial charge in [0.25, 0.3) is 5.56 Å². The largest absolute Gasteiger partial charge is 0.478 e. The van der Waals surface area contributed by atoms with Gasteiger partial charge in [0, 0.05) is 22.0 Å². The van der Waals surface area contributed by atoms with Crippen LogP contribution in [0.2, 0.25) is 0 Å². The van der Waals surface area contributed by atoms with Crippen molar-refractivity contribution < 1.29 is 19.4 Å². The average Bonchev–Trinajstić information content (AvgIpc) is 2.79. The number of pyridine rings is 1. The fourth-order valence-corrected chi connectivity index (χ4v) is 3.57. The van der Waals surface area contributed by atoms with Crippen LogP contribution in [0.5, 0.6) is 0 Å². The molecule has 32 heavy (non-hydrogen) atoms. The zero-order chi connectivity index (χ0) is 22.7. The molecule has 0 radical (unpaired) electrons. The quantitative estimate of drug-likeness (QED) is 0.372. The van der Waals surface area contributed by atoms with Crippen molar-refractivity contribution in [2.24, 2.45) is 0 Å². The highest BCUT2D eigenvalue weighted by Gasteiger charge is 2.11. The SMILES string of the molecule is O=C(O)c1ccc(Cc2cc3cc(C(=O)OCc4ccc(Br)cc4)ccc3[nH]c2=O)cc1. The molecule has 1 heterocycles. The van der Waals surface area contributed by atoms with E-state index < -0.39 is 11.9 Å². The van der Waals surface area contributed by atoms with Crippen LogP contribution in [0.15, 0.2) is 82.1 Å². The summed E-state index contributed by atoms with van der Waals surface area (Å²) < 4.78 is 6.36. The summed E-state index contributed by atoms with van der Waals surface area (Å²) in [5.74, 6) is -1.45. The normalized spacial score (nSPS) is 10.8.